The Morgan fingerprint density at radius 2 is 0.517 bits per heavy atom. The maximum atomic E-state index is 2.52. The van der Waals surface area contributed by atoms with E-state index in [1.54, 1.807) is 0 Å². The van der Waals surface area contributed by atoms with Crippen LogP contribution in [0.2, 0.25) is 0 Å². The summed E-state index contributed by atoms with van der Waals surface area (Å²) < 4.78 is 0. The molecule has 422 valence electrons. The lowest BCUT2D eigenvalue weighted by atomic mass is 9.76. The Balaban J connectivity index is 0.797. The number of para-hydroxylation sites is 4. The van der Waals surface area contributed by atoms with Gasteiger partial charge in [-0.1, -0.05) is 183 Å². The van der Waals surface area contributed by atoms with Crippen molar-refractivity contribution in [3.63, 3.8) is 0 Å². The topological polar surface area (TPSA) is 13.0 Å². The van der Waals surface area contributed by atoms with Crippen LogP contribution in [0.15, 0.2) is 303 Å². The Hall–Kier alpha value is -10.2. The summed E-state index contributed by atoms with van der Waals surface area (Å²) in [5.74, 6) is 0. The van der Waals surface area contributed by atoms with E-state index in [1.165, 1.54) is 113 Å². The van der Waals surface area contributed by atoms with E-state index < -0.39 is 0 Å². The van der Waals surface area contributed by atoms with E-state index in [-0.39, 0.29) is 5.41 Å². The van der Waals surface area contributed by atoms with Crippen LogP contribution in [0.3, 0.4) is 0 Å². The molecule has 3 aliphatic carbocycles. The first-order chi connectivity index (χ1) is 43.1. The number of rotatable bonds is 13. The summed E-state index contributed by atoms with van der Waals surface area (Å²) in [5.41, 5.74) is 27.2. The van der Waals surface area contributed by atoms with Crippen LogP contribution in [0.4, 0.5) is 68.2 Å². The highest BCUT2D eigenvalue weighted by Crippen LogP contribution is 2.58. The van der Waals surface area contributed by atoms with Gasteiger partial charge in [0.15, 0.2) is 0 Å². The molecular weight excluding hydrogens is 1050 g/mol. The van der Waals surface area contributed by atoms with Crippen LogP contribution >= 0.6 is 0 Å². The van der Waals surface area contributed by atoms with Gasteiger partial charge in [0, 0.05) is 73.7 Å². The Bertz CT molecular complexity index is 4230. The third kappa shape index (κ3) is 10.4. The Morgan fingerprint density at radius 3 is 0.977 bits per heavy atom. The molecule has 12 aromatic rings. The second kappa shape index (κ2) is 23.7. The van der Waals surface area contributed by atoms with Crippen molar-refractivity contribution in [2.75, 3.05) is 19.6 Å². The van der Waals surface area contributed by atoms with Crippen molar-refractivity contribution in [3.05, 3.63) is 326 Å². The number of nitrogens with zero attached hydrogens (tertiary/aromatic N) is 4. The fraction of sp³-hybridized carbons (Fsp3) is 0.133. The van der Waals surface area contributed by atoms with Crippen LogP contribution in [0, 0.1) is 0 Å². The molecule has 4 nitrogen and oxygen atoms in total. The number of anilines is 12. The van der Waals surface area contributed by atoms with Gasteiger partial charge >= 0.3 is 0 Å². The number of fused-ring (bicyclic) bond motifs is 8. The highest BCUT2D eigenvalue weighted by molar-refractivity contribution is 5.89. The van der Waals surface area contributed by atoms with Crippen molar-refractivity contribution in [1.82, 2.24) is 0 Å². The van der Waals surface area contributed by atoms with Crippen LogP contribution in [0.5, 0.6) is 0 Å². The monoisotopic (exact) mass is 1120 g/mol. The molecule has 15 rings (SSSR count). The smallest absolute Gasteiger partial charge is 0.0465 e. The zero-order chi connectivity index (χ0) is 57.9. The molecule has 1 saturated carbocycles. The van der Waals surface area contributed by atoms with Gasteiger partial charge in [-0.25, -0.2) is 0 Å². The van der Waals surface area contributed by atoms with Gasteiger partial charge in [0.05, 0.1) is 0 Å². The Labute approximate surface area is 513 Å². The van der Waals surface area contributed by atoms with E-state index in [9.17, 15) is 0 Å². The van der Waals surface area contributed by atoms with Crippen LogP contribution in [-0.2, 0) is 18.3 Å². The van der Waals surface area contributed by atoms with E-state index >= 15 is 0 Å². The van der Waals surface area contributed by atoms with Gasteiger partial charge in [-0.3, -0.25) is 0 Å². The third-order valence-electron chi connectivity index (χ3n) is 18.6. The molecular formula is C83H70N4. The first-order valence-corrected chi connectivity index (χ1v) is 31.4. The van der Waals surface area contributed by atoms with Gasteiger partial charge in [-0.2, -0.15) is 0 Å². The highest BCUT2D eigenvalue weighted by Gasteiger charge is 2.45. The van der Waals surface area contributed by atoms with Crippen LogP contribution in [0.1, 0.15) is 73.6 Å². The maximum absolute atomic E-state index is 2.52. The minimum absolute atomic E-state index is 0.0498. The molecule has 0 amide bonds. The van der Waals surface area contributed by atoms with Crippen molar-refractivity contribution in [1.29, 1.82) is 0 Å². The van der Waals surface area contributed by atoms with Crippen LogP contribution < -0.4 is 19.6 Å². The van der Waals surface area contributed by atoms with Crippen molar-refractivity contribution in [3.8, 4) is 33.4 Å². The predicted octanol–water partition coefficient (Wildman–Crippen LogP) is 23.4. The van der Waals surface area contributed by atoms with Crippen LogP contribution in [-0.4, -0.2) is 0 Å². The van der Waals surface area contributed by atoms with Gasteiger partial charge < -0.3 is 19.6 Å². The molecule has 0 atom stereocenters. The van der Waals surface area contributed by atoms with E-state index in [4.69, 9.17) is 0 Å². The summed E-state index contributed by atoms with van der Waals surface area (Å²) in [6.45, 7) is 0. The van der Waals surface area contributed by atoms with Gasteiger partial charge in [0.1, 0.15) is 0 Å². The van der Waals surface area contributed by atoms with E-state index in [1.807, 2.05) is 0 Å². The van der Waals surface area contributed by atoms with E-state index in [0.29, 0.717) is 0 Å². The zero-order valence-corrected chi connectivity index (χ0v) is 49.2. The first-order valence-electron chi connectivity index (χ1n) is 31.4. The molecule has 0 heterocycles. The summed E-state index contributed by atoms with van der Waals surface area (Å²) >= 11 is 0. The average molecular weight is 1120 g/mol. The molecule has 1 spiro atoms. The number of hydrogen-bond donors (Lipinski definition) is 0. The SMILES string of the molecule is c1ccc(N(c2ccccc2)c2ccc(N(c3ccc(-c4ccc(N(c5ccc(N(c6ccccc6)c6ccccc6)cc5)c5ccc6c(c5)C5(CCCC5)c5ccccc5-6)cc4)cc3)c3ccc4c(c3)CCCCCCc3ccccc3-4)cc2)cc1. The lowest BCUT2D eigenvalue weighted by Gasteiger charge is -2.30. The average Bonchev–Trinajstić information content (AvgIpc) is 1.63. The normalized spacial score (nSPS) is 13.8. The summed E-state index contributed by atoms with van der Waals surface area (Å²) in [6.07, 6.45) is 12.0. The summed E-state index contributed by atoms with van der Waals surface area (Å²) in [4.78, 5) is 9.58. The van der Waals surface area contributed by atoms with E-state index in [0.717, 1.165) is 75.4 Å². The number of aryl methyl sites for hydroxylation is 2. The molecule has 0 aliphatic heterocycles. The lowest BCUT2D eigenvalue weighted by Crippen LogP contribution is -2.21. The fourth-order valence-electron chi connectivity index (χ4n) is 14.5. The summed E-state index contributed by atoms with van der Waals surface area (Å²) in [5, 5.41) is 0. The van der Waals surface area contributed by atoms with Gasteiger partial charge in [-0.15, -0.1) is 0 Å². The molecule has 3 aliphatic rings. The molecule has 4 heteroatoms. The van der Waals surface area contributed by atoms with Gasteiger partial charge in [0.2, 0.25) is 0 Å². The lowest BCUT2D eigenvalue weighted by molar-refractivity contribution is 0.550. The predicted molar refractivity (Wildman–Crippen MR) is 367 cm³/mol. The fourth-order valence-corrected chi connectivity index (χ4v) is 14.5. The molecule has 0 aromatic heterocycles. The second-order valence-electron chi connectivity index (χ2n) is 23.8. The highest BCUT2D eigenvalue weighted by atomic mass is 15.2. The molecule has 0 saturated heterocycles. The van der Waals surface area contributed by atoms with Crippen molar-refractivity contribution in [2.45, 2.75) is 69.6 Å². The van der Waals surface area contributed by atoms with Gasteiger partial charge in [-0.05, 0) is 240 Å². The minimum atomic E-state index is 0.0498. The standard InChI is InChI=1S/C83H70N4/c1-2-8-25-64-59-75(53-55-78(64)77-34-18-17-24-63(77)23-7-1)86(73-49-45-71(46-50-73)84(65-26-9-3-10-27-65)66-28-11-4-12-29-66)69-41-37-61(38-42-69)62-39-43-70(44-40-62)87(76-54-56-80-79-35-19-20-36-81(79)83(82(80)60-76)57-21-22-58-83)74-51-47-72(48-52-74)85(67-30-13-5-14-31-67)68-32-15-6-16-33-68/h3-6,9-20,24,26-56,59-60H,1-2,7-8,21-23,25,57-58H2. The van der Waals surface area contributed by atoms with Crippen molar-refractivity contribution < 1.29 is 0 Å². The Morgan fingerprint density at radius 1 is 0.207 bits per heavy atom. The molecule has 0 unspecified atom stereocenters. The Kier molecular flexibility index (Phi) is 14.6. The number of benzene rings is 12. The molecule has 0 radical (unpaired) electrons. The summed E-state index contributed by atoms with van der Waals surface area (Å²) in [7, 11) is 0. The molecule has 0 bridgehead atoms. The largest absolute Gasteiger partial charge is 0.311 e. The van der Waals surface area contributed by atoms with Gasteiger partial charge in [0.25, 0.3) is 0 Å². The van der Waals surface area contributed by atoms with Crippen molar-refractivity contribution >= 4 is 68.2 Å². The second-order valence-corrected chi connectivity index (χ2v) is 23.8. The maximum Gasteiger partial charge on any atom is 0.0465 e. The minimum Gasteiger partial charge on any atom is -0.311 e. The van der Waals surface area contributed by atoms with E-state index in [2.05, 4.69) is 323 Å². The zero-order valence-electron chi connectivity index (χ0n) is 49.2. The van der Waals surface area contributed by atoms with Crippen molar-refractivity contribution in [2.24, 2.45) is 0 Å². The molecule has 0 N–H and O–H groups in total. The molecule has 12 aromatic carbocycles. The third-order valence-corrected chi connectivity index (χ3v) is 18.6. The molecule has 87 heavy (non-hydrogen) atoms. The molecule has 1 fully saturated rings. The first kappa shape index (κ1) is 53.6. The van der Waals surface area contributed by atoms with Crippen LogP contribution in [0.25, 0.3) is 33.4 Å². The number of hydrogen-bond acceptors (Lipinski definition) is 4. The quantitative estimate of drug-likeness (QED) is 0.114. The summed E-state index contributed by atoms with van der Waals surface area (Å²) in [6, 6.07) is 112.